The molecule has 0 aliphatic carbocycles. The van der Waals surface area contributed by atoms with Gasteiger partial charge in [-0.05, 0) is 16.0 Å². The number of nitrogens with zero attached hydrogens (tertiary/aromatic N) is 5. The topological polar surface area (TPSA) is 99.4 Å². The molecule has 1 atom stereocenters. The highest BCUT2D eigenvalue weighted by atomic mass is 16.5. The summed E-state index contributed by atoms with van der Waals surface area (Å²) in [6.45, 7) is 1.72. The molecule has 0 radical (unpaired) electrons. The number of hydrogen-bond donors (Lipinski definition) is 0. The molecule has 9 heteroatoms. The second-order valence-corrected chi connectivity index (χ2v) is 5.60. The van der Waals surface area contributed by atoms with E-state index in [4.69, 9.17) is 9.47 Å². The molecule has 1 aliphatic heterocycles. The molecule has 1 aromatic carbocycles. The van der Waals surface area contributed by atoms with Crippen LogP contribution in [0.5, 0.6) is 0 Å². The van der Waals surface area contributed by atoms with Crippen molar-refractivity contribution in [2.45, 2.75) is 12.5 Å². The van der Waals surface area contributed by atoms with Crippen molar-refractivity contribution in [2.75, 3.05) is 32.9 Å². The summed E-state index contributed by atoms with van der Waals surface area (Å²) in [5.41, 5.74) is 0.944. The number of benzene rings is 1. The molecule has 0 N–H and O–H groups in total. The zero-order valence-electron chi connectivity index (χ0n) is 13.7. The van der Waals surface area contributed by atoms with Crippen molar-refractivity contribution < 1.29 is 19.1 Å². The lowest BCUT2D eigenvalue weighted by Crippen LogP contribution is -2.43. The first kappa shape index (κ1) is 17.0. The summed E-state index contributed by atoms with van der Waals surface area (Å²) in [6, 6.07) is 8.76. The summed E-state index contributed by atoms with van der Waals surface area (Å²) in [6.07, 6.45) is 1.73. The third-order valence-corrected chi connectivity index (χ3v) is 3.93. The molecular weight excluding hydrogens is 326 g/mol. The van der Waals surface area contributed by atoms with Crippen LogP contribution in [0.3, 0.4) is 0 Å². The second kappa shape index (κ2) is 8.34. The van der Waals surface area contributed by atoms with Gasteiger partial charge in [-0.15, -0.1) is 5.10 Å². The number of ether oxygens (including phenoxy) is 2. The van der Waals surface area contributed by atoms with Crippen LogP contribution in [0.15, 0.2) is 36.7 Å². The summed E-state index contributed by atoms with van der Waals surface area (Å²) in [5.74, 6) is -0.774. The molecular formula is C16H19N5O4. The van der Waals surface area contributed by atoms with Crippen LogP contribution < -0.4 is 0 Å². The highest BCUT2D eigenvalue weighted by Gasteiger charge is 2.26. The van der Waals surface area contributed by atoms with Crippen molar-refractivity contribution in [1.82, 2.24) is 25.1 Å². The predicted octanol–water partition coefficient (Wildman–Crippen LogP) is -0.141. The fraction of sp³-hybridized carbons (Fsp3) is 0.438. The maximum Gasteiger partial charge on any atom is 0.331 e. The molecule has 132 valence electrons. The average Bonchev–Trinajstić information content (AvgIpc) is 3.20. The zero-order valence-corrected chi connectivity index (χ0v) is 13.7. The molecule has 0 bridgehead atoms. The summed E-state index contributed by atoms with van der Waals surface area (Å²) in [5, 5.41) is 10.9. The van der Waals surface area contributed by atoms with Gasteiger partial charge in [-0.25, -0.2) is 9.48 Å². The van der Waals surface area contributed by atoms with Gasteiger partial charge in [0.2, 0.25) is 0 Å². The Morgan fingerprint density at radius 2 is 1.96 bits per heavy atom. The van der Waals surface area contributed by atoms with Gasteiger partial charge in [0, 0.05) is 19.5 Å². The highest BCUT2D eigenvalue weighted by molar-refractivity contribution is 5.82. The van der Waals surface area contributed by atoms with Crippen LogP contribution in [-0.4, -0.2) is 69.9 Å². The van der Waals surface area contributed by atoms with Gasteiger partial charge >= 0.3 is 5.97 Å². The van der Waals surface area contributed by atoms with Gasteiger partial charge in [-0.3, -0.25) is 4.79 Å². The van der Waals surface area contributed by atoms with Crippen molar-refractivity contribution in [1.29, 1.82) is 0 Å². The molecule has 1 fully saturated rings. The summed E-state index contributed by atoms with van der Waals surface area (Å²) < 4.78 is 11.8. The Morgan fingerprint density at radius 3 is 2.64 bits per heavy atom. The Labute approximate surface area is 144 Å². The maximum absolute atomic E-state index is 12.5. The number of carbonyl (C=O) groups excluding carboxylic acids is 2. The van der Waals surface area contributed by atoms with E-state index in [1.807, 2.05) is 30.3 Å². The summed E-state index contributed by atoms with van der Waals surface area (Å²) >= 11 is 0. The van der Waals surface area contributed by atoms with E-state index in [9.17, 15) is 9.59 Å². The van der Waals surface area contributed by atoms with E-state index in [1.54, 1.807) is 4.90 Å². The zero-order chi connectivity index (χ0) is 17.5. The smallest absolute Gasteiger partial charge is 0.331 e. The van der Waals surface area contributed by atoms with E-state index >= 15 is 0 Å². The Bertz CT molecular complexity index is 686. The minimum absolute atomic E-state index is 0.230. The van der Waals surface area contributed by atoms with E-state index in [0.29, 0.717) is 32.7 Å². The highest BCUT2D eigenvalue weighted by Crippen LogP contribution is 2.15. The van der Waals surface area contributed by atoms with Gasteiger partial charge in [0.25, 0.3) is 5.91 Å². The maximum atomic E-state index is 12.5. The Balaban J connectivity index is 1.62. The number of carbonyl (C=O) groups is 2. The minimum Gasteiger partial charge on any atom is -0.454 e. The van der Waals surface area contributed by atoms with E-state index in [1.165, 1.54) is 11.0 Å². The number of morpholine rings is 1. The largest absolute Gasteiger partial charge is 0.454 e. The number of tetrazole rings is 1. The van der Waals surface area contributed by atoms with Gasteiger partial charge in [0.05, 0.1) is 13.2 Å². The van der Waals surface area contributed by atoms with Crippen LogP contribution >= 0.6 is 0 Å². The van der Waals surface area contributed by atoms with Gasteiger partial charge < -0.3 is 14.4 Å². The number of hydrogen-bond acceptors (Lipinski definition) is 7. The Morgan fingerprint density at radius 1 is 1.20 bits per heavy atom. The summed E-state index contributed by atoms with van der Waals surface area (Å²) in [4.78, 5) is 26.2. The lowest BCUT2D eigenvalue weighted by Gasteiger charge is -2.26. The van der Waals surface area contributed by atoms with Crippen LogP contribution in [0.4, 0.5) is 0 Å². The second-order valence-electron chi connectivity index (χ2n) is 5.60. The summed E-state index contributed by atoms with van der Waals surface area (Å²) in [7, 11) is 0. The average molecular weight is 345 g/mol. The van der Waals surface area contributed by atoms with Gasteiger partial charge in [0.15, 0.2) is 12.6 Å². The van der Waals surface area contributed by atoms with Crippen LogP contribution in [0.25, 0.3) is 0 Å². The molecule has 1 saturated heterocycles. The molecule has 2 aromatic rings. The quantitative estimate of drug-likeness (QED) is 0.672. The SMILES string of the molecule is O=C(OCC(=O)N1CCOCC1)[C@H](Cc1ccccc1)n1cnnn1. The van der Waals surface area contributed by atoms with E-state index in [0.717, 1.165) is 5.56 Å². The Kier molecular flexibility index (Phi) is 5.68. The third-order valence-electron chi connectivity index (χ3n) is 3.93. The third kappa shape index (κ3) is 4.60. The van der Waals surface area contributed by atoms with Crippen LogP contribution in [0.1, 0.15) is 11.6 Å². The molecule has 1 aliphatic rings. The van der Waals surface area contributed by atoms with E-state index in [-0.39, 0.29) is 12.5 Å². The first-order valence-corrected chi connectivity index (χ1v) is 8.02. The van der Waals surface area contributed by atoms with Crippen LogP contribution in [0.2, 0.25) is 0 Å². The fourth-order valence-corrected chi connectivity index (χ4v) is 2.57. The minimum atomic E-state index is -0.727. The molecule has 3 rings (SSSR count). The Hall–Kier alpha value is -2.81. The van der Waals surface area contributed by atoms with Gasteiger partial charge in [-0.2, -0.15) is 0 Å². The lowest BCUT2D eigenvalue weighted by molar-refractivity contribution is -0.156. The molecule has 1 amide bonds. The molecule has 25 heavy (non-hydrogen) atoms. The number of esters is 1. The number of aromatic nitrogens is 4. The van der Waals surface area contributed by atoms with Crippen molar-refractivity contribution in [3.05, 3.63) is 42.2 Å². The van der Waals surface area contributed by atoms with Gasteiger partial charge in [-0.1, -0.05) is 30.3 Å². The molecule has 9 nitrogen and oxygen atoms in total. The first-order chi connectivity index (χ1) is 12.2. The monoisotopic (exact) mass is 345 g/mol. The number of amides is 1. The van der Waals surface area contributed by atoms with Crippen LogP contribution in [0, 0.1) is 0 Å². The standard InChI is InChI=1S/C16H19N5O4/c22-15(20-6-8-24-9-7-20)11-25-16(23)14(21-12-17-18-19-21)10-13-4-2-1-3-5-13/h1-5,12,14H,6-11H2/t14-/m0/s1. The fourth-order valence-electron chi connectivity index (χ4n) is 2.57. The van der Waals surface area contributed by atoms with Crippen molar-refractivity contribution in [2.24, 2.45) is 0 Å². The molecule has 0 saturated carbocycles. The molecule has 0 spiro atoms. The van der Waals surface area contributed by atoms with E-state index in [2.05, 4.69) is 15.5 Å². The molecule has 0 unspecified atom stereocenters. The predicted molar refractivity (Wildman–Crippen MR) is 85.4 cm³/mol. The molecule has 2 heterocycles. The number of rotatable bonds is 6. The van der Waals surface area contributed by atoms with Crippen molar-refractivity contribution in [3.63, 3.8) is 0 Å². The normalized spacial score (nSPS) is 15.6. The van der Waals surface area contributed by atoms with E-state index < -0.39 is 12.0 Å². The van der Waals surface area contributed by atoms with Crippen molar-refractivity contribution >= 4 is 11.9 Å². The van der Waals surface area contributed by atoms with Gasteiger partial charge in [0.1, 0.15) is 6.33 Å². The first-order valence-electron chi connectivity index (χ1n) is 8.02. The lowest BCUT2D eigenvalue weighted by atomic mass is 10.1. The van der Waals surface area contributed by atoms with Crippen LogP contribution in [-0.2, 0) is 25.5 Å². The van der Waals surface area contributed by atoms with Crippen molar-refractivity contribution in [3.8, 4) is 0 Å². The molecule has 1 aromatic heterocycles.